The summed E-state index contributed by atoms with van der Waals surface area (Å²) in [6, 6.07) is 9.11. The molecule has 88 valence electrons. The van der Waals surface area contributed by atoms with Crippen LogP contribution in [0, 0.1) is 0 Å². The number of aromatic nitrogens is 2. The van der Waals surface area contributed by atoms with Gasteiger partial charge < -0.3 is 10.8 Å². The van der Waals surface area contributed by atoms with Crippen molar-refractivity contribution in [2.45, 2.75) is 13.5 Å². The van der Waals surface area contributed by atoms with Gasteiger partial charge in [0.05, 0.1) is 0 Å². The van der Waals surface area contributed by atoms with Crippen molar-refractivity contribution in [2.75, 3.05) is 5.73 Å². The Labute approximate surface area is 98.1 Å². The molecule has 0 aliphatic heterocycles. The van der Waals surface area contributed by atoms with E-state index in [-0.39, 0.29) is 11.4 Å². The minimum atomic E-state index is -0.468. The highest BCUT2D eigenvalue weighted by Crippen LogP contribution is 2.28. The highest BCUT2D eigenvalue weighted by Gasteiger charge is 2.14. The predicted molar refractivity (Wildman–Crippen MR) is 65.7 cm³/mol. The molecule has 1 heterocycles. The van der Waals surface area contributed by atoms with E-state index in [1.165, 1.54) is 4.68 Å². The fraction of sp³-hybridized carbons (Fsp3) is 0.167. The van der Waals surface area contributed by atoms with E-state index in [0.717, 1.165) is 5.56 Å². The van der Waals surface area contributed by atoms with Gasteiger partial charge in [-0.3, -0.25) is 4.79 Å². The van der Waals surface area contributed by atoms with Crippen LogP contribution in [-0.2, 0) is 6.54 Å². The first-order valence-corrected chi connectivity index (χ1v) is 5.30. The number of benzene rings is 1. The second-order valence-electron chi connectivity index (χ2n) is 3.60. The van der Waals surface area contributed by atoms with Crippen LogP contribution in [-0.4, -0.2) is 14.9 Å². The van der Waals surface area contributed by atoms with E-state index in [9.17, 15) is 9.90 Å². The van der Waals surface area contributed by atoms with Crippen molar-refractivity contribution in [2.24, 2.45) is 0 Å². The second kappa shape index (κ2) is 4.29. The lowest BCUT2D eigenvalue weighted by Crippen LogP contribution is -2.25. The van der Waals surface area contributed by atoms with Crippen molar-refractivity contribution in [1.29, 1.82) is 0 Å². The van der Waals surface area contributed by atoms with Gasteiger partial charge in [-0.15, -0.1) is 0 Å². The molecule has 2 rings (SSSR count). The number of nitrogens with two attached hydrogens (primary N) is 1. The maximum atomic E-state index is 11.6. The lowest BCUT2D eigenvalue weighted by atomic mass is 10.1. The van der Waals surface area contributed by atoms with E-state index in [1.54, 1.807) is 19.1 Å². The maximum Gasteiger partial charge on any atom is 0.293 e. The van der Waals surface area contributed by atoms with Crippen LogP contribution in [0.3, 0.4) is 0 Å². The van der Waals surface area contributed by atoms with Crippen molar-refractivity contribution in [1.82, 2.24) is 9.78 Å². The summed E-state index contributed by atoms with van der Waals surface area (Å²) in [4.78, 5) is 11.6. The van der Waals surface area contributed by atoms with Crippen molar-refractivity contribution >= 4 is 5.69 Å². The molecule has 1 aromatic carbocycles. The van der Waals surface area contributed by atoms with E-state index in [2.05, 4.69) is 5.10 Å². The maximum absolute atomic E-state index is 11.6. The Morgan fingerprint density at radius 1 is 1.35 bits per heavy atom. The molecule has 2 aromatic rings. The summed E-state index contributed by atoms with van der Waals surface area (Å²) in [6.45, 7) is 2.20. The van der Waals surface area contributed by atoms with Crippen LogP contribution < -0.4 is 11.3 Å². The third kappa shape index (κ3) is 1.87. The number of aryl methyl sites for hydroxylation is 1. The minimum absolute atomic E-state index is 0.166. The molecule has 0 fully saturated rings. The van der Waals surface area contributed by atoms with Crippen molar-refractivity contribution in [3.63, 3.8) is 0 Å². The first-order chi connectivity index (χ1) is 8.15. The van der Waals surface area contributed by atoms with Crippen LogP contribution in [0.1, 0.15) is 6.92 Å². The molecule has 0 unspecified atom stereocenters. The van der Waals surface area contributed by atoms with Crippen LogP contribution in [0.2, 0.25) is 0 Å². The molecule has 0 saturated heterocycles. The molecule has 17 heavy (non-hydrogen) atoms. The Morgan fingerprint density at radius 3 is 2.59 bits per heavy atom. The first-order valence-electron chi connectivity index (χ1n) is 5.30. The SMILES string of the molecule is CCn1nc(-c2ccccc2)c(O)c(N)c1=O. The minimum Gasteiger partial charge on any atom is -0.504 e. The van der Waals surface area contributed by atoms with Crippen LogP contribution in [0.25, 0.3) is 11.3 Å². The second-order valence-corrected chi connectivity index (χ2v) is 3.60. The van der Waals surface area contributed by atoms with Gasteiger partial charge in [0.25, 0.3) is 5.56 Å². The molecular formula is C12H13N3O2. The molecule has 0 saturated carbocycles. The molecule has 0 amide bonds. The Hall–Kier alpha value is -2.30. The van der Waals surface area contributed by atoms with Crippen molar-refractivity contribution < 1.29 is 5.11 Å². The quantitative estimate of drug-likeness (QED) is 0.814. The molecule has 5 heteroatoms. The van der Waals surface area contributed by atoms with Gasteiger partial charge in [-0.2, -0.15) is 5.10 Å². The van der Waals surface area contributed by atoms with Gasteiger partial charge in [-0.05, 0) is 6.92 Å². The van der Waals surface area contributed by atoms with Crippen molar-refractivity contribution in [3.8, 4) is 17.0 Å². The van der Waals surface area contributed by atoms with E-state index in [0.29, 0.717) is 12.2 Å². The standard InChI is InChI=1S/C12H13N3O2/c1-2-15-12(17)9(13)11(16)10(14-15)8-6-4-3-5-7-8/h3-7,16H,2,13H2,1H3. The number of anilines is 1. The van der Waals surface area contributed by atoms with E-state index in [1.807, 2.05) is 18.2 Å². The summed E-state index contributed by atoms with van der Waals surface area (Å²) in [5.41, 5.74) is 5.98. The fourth-order valence-corrected chi connectivity index (χ4v) is 1.59. The third-order valence-corrected chi connectivity index (χ3v) is 2.51. The van der Waals surface area contributed by atoms with Gasteiger partial charge in [0, 0.05) is 12.1 Å². The summed E-state index contributed by atoms with van der Waals surface area (Å²) in [5, 5.41) is 13.9. The molecule has 1 aromatic heterocycles. The summed E-state index contributed by atoms with van der Waals surface area (Å²) < 4.78 is 1.23. The van der Waals surface area contributed by atoms with E-state index in [4.69, 9.17) is 5.73 Å². The Bertz CT molecular complexity index is 591. The van der Waals surface area contributed by atoms with Crippen LogP contribution >= 0.6 is 0 Å². The highest BCUT2D eigenvalue weighted by molar-refractivity contribution is 5.71. The zero-order valence-electron chi connectivity index (χ0n) is 9.42. The molecule has 0 aliphatic rings. The normalized spacial score (nSPS) is 10.4. The average molecular weight is 231 g/mol. The molecule has 0 aliphatic carbocycles. The summed E-state index contributed by atoms with van der Waals surface area (Å²) in [6.07, 6.45) is 0. The topological polar surface area (TPSA) is 81.1 Å². The van der Waals surface area contributed by atoms with Crippen LogP contribution in [0.5, 0.6) is 5.75 Å². The van der Waals surface area contributed by atoms with Gasteiger partial charge >= 0.3 is 0 Å². The summed E-state index contributed by atoms with van der Waals surface area (Å²) in [7, 11) is 0. The molecule has 0 atom stereocenters. The Kier molecular flexibility index (Phi) is 2.82. The molecule has 0 radical (unpaired) electrons. The zero-order chi connectivity index (χ0) is 12.4. The number of aromatic hydroxyl groups is 1. The van der Waals surface area contributed by atoms with Gasteiger partial charge in [0.2, 0.25) is 0 Å². The fourth-order valence-electron chi connectivity index (χ4n) is 1.59. The van der Waals surface area contributed by atoms with Gasteiger partial charge in [-0.25, -0.2) is 4.68 Å². The largest absolute Gasteiger partial charge is 0.504 e. The number of hydrogen-bond acceptors (Lipinski definition) is 4. The van der Waals surface area contributed by atoms with Gasteiger partial charge in [0.15, 0.2) is 5.75 Å². The van der Waals surface area contributed by atoms with Crippen LogP contribution in [0.4, 0.5) is 5.69 Å². The zero-order valence-corrected chi connectivity index (χ0v) is 9.42. The monoisotopic (exact) mass is 231 g/mol. The predicted octanol–water partition coefficient (Wildman–Crippen LogP) is 1.22. The lowest BCUT2D eigenvalue weighted by molar-refractivity contribution is 0.468. The highest BCUT2D eigenvalue weighted by atomic mass is 16.3. The van der Waals surface area contributed by atoms with Gasteiger partial charge in [-0.1, -0.05) is 30.3 Å². The summed E-state index contributed by atoms with van der Waals surface area (Å²) in [5.74, 6) is -0.258. The molecular weight excluding hydrogens is 218 g/mol. The lowest BCUT2D eigenvalue weighted by Gasteiger charge is -2.09. The molecule has 0 spiro atoms. The number of rotatable bonds is 2. The number of nitrogen functional groups attached to an aromatic ring is 1. The Morgan fingerprint density at radius 2 is 2.00 bits per heavy atom. The van der Waals surface area contributed by atoms with E-state index < -0.39 is 5.56 Å². The average Bonchev–Trinajstić information content (AvgIpc) is 2.37. The molecule has 5 nitrogen and oxygen atoms in total. The first kappa shape index (κ1) is 11.2. The Balaban J connectivity index is 2.71. The molecule has 3 N–H and O–H groups in total. The third-order valence-electron chi connectivity index (χ3n) is 2.51. The summed E-state index contributed by atoms with van der Waals surface area (Å²) >= 11 is 0. The number of hydrogen-bond donors (Lipinski definition) is 2. The smallest absolute Gasteiger partial charge is 0.293 e. The van der Waals surface area contributed by atoms with Crippen LogP contribution in [0.15, 0.2) is 35.1 Å². The molecule has 0 bridgehead atoms. The van der Waals surface area contributed by atoms with E-state index >= 15 is 0 Å². The van der Waals surface area contributed by atoms with Gasteiger partial charge in [0.1, 0.15) is 11.4 Å². The van der Waals surface area contributed by atoms with Crippen molar-refractivity contribution in [3.05, 3.63) is 40.7 Å². The number of nitrogens with zero attached hydrogens (tertiary/aromatic N) is 2.